The molecule has 1 aliphatic heterocycles. The van der Waals surface area contributed by atoms with Gasteiger partial charge in [-0.15, -0.1) is 0 Å². The standard InChI is InChI=1S/C15H20N6O2/c22-13(3-1-2-12-10-18-19-11-12)20-6-8-21(9-7-20)14-15(23)17-5-4-16-14/h4-5,10-11H,1-3,6-9H2,(H,17,23)(H,18,19). The summed E-state index contributed by atoms with van der Waals surface area (Å²) in [7, 11) is 0. The molecule has 1 saturated heterocycles. The second-order valence-electron chi connectivity index (χ2n) is 5.57. The number of carbonyl (C=O) groups is 1. The van der Waals surface area contributed by atoms with Crippen LogP contribution >= 0.6 is 0 Å². The predicted octanol–water partition coefficient (Wildman–Crippen LogP) is 0.164. The van der Waals surface area contributed by atoms with Crippen LogP contribution in [0.1, 0.15) is 18.4 Å². The molecule has 122 valence electrons. The van der Waals surface area contributed by atoms with Gasteiger partial charge in [0.1, 0.15) is 0 Å². The van der Waals surface area contributed by atoms with Crippen molar-refractivity contribution >= 4 is 11.7 Å². The summed E-state index contributed by atoms with van der Waals surface area (Å²) in [5.41, 5.74) is 0.935. The van der Waals surface area contributed by atoms with Crippen molar-refractivity contribution in [3.63, 3.8) is 0 Å². The Bertz CT molecular complexity index is 688. The predicted molar refractivity (Wildman–Crippen MR) is 85.2 cm³/mol. The molecule has 2 aromatic rings. The van der Waals surface area contributed by atoms with Crippen molar-refractivity contribution in [2.75, 3.05) is 31.1 Å². The van der Waals surface area contributed by atoms with Gasteiger partial charge in [0.15, 0.2) is 5.82 Å². The van der Waals surface area contributed by atoms with Gasteiger partial charge in [-0.2, -0.15) is 5.10 Å². The van der Waals surface area contributed by atoms with Crippen LogP contribution in [0, 0.1) is 0 Å². The molecule has 1 fully saturated rings. The topological polar surface area (TPSA) is 98.0 Å². The number of piperazine rings is 1. The average molecular weight is 316 g/mol. The normalized spacial score (nSPS) is 15.0. The van der Waals surface area contributed by atoms with Crippen LogP contribution < -0.4 is 10.5 Å². The van der Waals surface area contributed by atoms with Gasteiger partial charge in [-0.05, 0) is 18.4 Å². The van der Waals surface area contributed by atoms with Crippen molar-refractivity contribution < 1.29 is 4.79 Å². The zero-order chi connectivity index (χ0) is 16.1. The van der Waals surface area contributed by atoms with Crippen LogP contribution in [0.25, 0.3) is 0 Å². The van der Waals surface area contributed by atoms with E-state index >= 15 is 0 Å². The molecule has 8 heteroatoms. The molecule has 3 heterocycles. The average Bonchev–Trinajstić information content (AvgIpc) is 3.09. The summed E-state index contributed by atoms with van der Waals surface area (Å²) >= 11 is 0. The molecule has 0 radical (unpaired) electrons. The highest BCUT2D eigenvalue weighted by molar-refractivity contribution is 5.76. The number of amides is 1. The number of H-pyrrole nitrogens is 2. The first-order chi connectivity index (χ1) is 11.2. The molecule has 0 aromatic carbocycles. The molecule has 2 N–H and O–H groups in total. The maximum absolute atomic E-state index is 12.2. The molecule has 0 bridgehead atoms. The van der Waals surface area contributed by atoms with Gasteiger partial charge in [-0.3, -0.25) is 14.7 Å². The number of nitrogens with one attached hydrogen (secondary N) is 2. The number of aromatic nitrogens is 4. The maximum atomic E-state index is 12.2. The molecule has 0 unspecified atom stereocenters. The second kappa shape index (κ2) is 7.08. The number of hydrogen-bond donors (Lipinski definition) is 2. The Labute approximate surface area is 133 Å². The van der Waals surface area contributed by atoms with Crippen LogP contribution in [-0.2, 0) is 11.2 Å². The Morgan fingerprint density at radius 3 is 2.78 bits per heavy atom. The van der Waals surface area contributed by atoms with E-state index in [9.17, 15) is 9.59 Å². The third-order valence-corrected chi connectivity index (χ3v) is 4.03. The zero-order valence-corrected chi connectivity index (χ0v) is 12.9. The van der Waals surface area contributed by atoms with Crippen LogP contribution in [0.2, 0.25) is 0 Å². The van der Waals surface area contributed by atoms with Crippen LogP contribution in [0.3, 0.4) is 0 Å². The second-order valence-corrected chi connectivity index (χ2v) is 5.57. The van der Waals surface area contributed by atoms with Crippen LogP contribution in [0.5, 0.6) is 0 Å². The van der Waals surface area contributed by atoms with E-state index in [4.69, 9.17) is 0 Å². The molecule has 3 rings (SSSR count). The fourth-order valence-electron chi connectivity index (χ4n) is 2.75. The summed E-state index contributed by atoms with van der Waals surface area (Å²) in [5.74, 6) is 0.600. The molecular weight excluding hydrogens is 296 g/mol. The molecule has 0 saturated carbocycles. The van der Waals surface area contributed by atoms with Gasteiger partial charge >= 0.3 is 0 Å². The smallest absolute Gasteiger partial charge is 0.290 e. The Kier molecular flexibility index (Phi) is 4.70. The number of hydrogen-bond acceptors (Lipinski definition) is 5. The minimum Gasteiger partial charge on any atom is -0.348 e. The van der Waals surface area contributed by atoms with E-state index in [1.54, 1.807) is 12.4 Å². The van der Waals surface area contributed by atoms with Crippen molar-refractivity contribution in [2.24, 2.45) is 0 Å². The van der Waals surface area contributed by atoms with Gasteiger partial charge < -0.3 is 14.8 Å². The number of carbonyl (C=O) groups excluding carboxylic acids is 1. The molecule has 0 spiro atoms. The van der Waals surface area contributed by atoms with E-state index in [-0.39, 0.29) is 11.5 Å². The molecular formula is C15H20N6O2. The summed E-state index contributed by atoms with van der Waals surface area (Å²) in [6.07, 6.45) is 8.94. The minimum absolute atomic E-state index is 0.170. The Balaban J connectivity index is 1.46. The zero-order valence-electron chi connectivity index (χ0n) is 12.9. The van der Waals surface area contributed by atoms with Crippen molar-refractivity contribution in [1.29, 1.82) is 0 Å². The van der Waals surface area contributed by atoms with Gasteiger partial charge in [0, 0.05) is 51.2 Å². The summed E-state index contributed by atoms with van der Waals surface area (Å²) in [6.45, 7) is 2.52. The molecule has 1 aliphatic rings. The monoisotopic (exact) mass is 316 g/mol. The SMILES string of the molecule is O=C(CCCc1cn[nH]c1)N1CCN(c2ncc[nH]c2=O)CC1. The summed E-state index contributed by atoms with van der Waals surface area (Å²) < 4.78 is 0. The maximum Gasteiger partial charge on any atom is 0.290 e. The lowest BCUT2D eigenvalue weighted by atomic mass is 10.1. The van der Waals surface area contributed by atoms with E-state index in [1.807, 2.05) is 16.0 Å². The Hall–Kier alpha value is -2.64. The number of aryl methyl sites for hydroxylation is 1. The number of nitrogens with zero attached hydrogens (tertiary/aromatic N) is 4. The van der Waals surface area contributed by atoms with E-state index in [0.717, 1.165) is 18.4 Å². The van der Waals surface area contributed by atoms with Gasteiger partial charge in [0.05, 0.1) is 6.20 Å². The van der Waals surface area contributed by atoms with E-state index < -0.39 is 0 Å². The lowest BCUT2D eigenvalue weighted by Crippen LogP contribution is -2.50. The first kappa shape index (κ1) is 15.3. The molecule has 0 atom stereocenters. The Morgan fingerprint density at radius 1 is 1.26 bits per heavy atom. The molecule has 23 heavy (non-hydrogen) atoms. The lowest BCUT2D eigenvalue weighted by Gasteiger charge is -2.35. The molecule has 2 aromatic heterocycles. The molecule has 8 nitrogen and oxygen atoms in total. The molecule has 1 amide bonds. The van der Waals surface area contributed by atoms with Crippen LogP contribution in [-0.4, -0.2) is 57.2 Å². The van der Waals surface area contributed by atoms with Gasteiger partial charge in [0.2, 0.25) is 5.91 Å². The fourth-order valence-corrected chi connectivity index (χ4v) is 2.75. The quantitative estimate of drug-likeness (QED) is 0.819. The van der Waals surface area contributed by atoms with Gasteiger partial charge in [-0.25, -0.2) is 4.98 Å². The number of aromatic amines is 2. The van der Waals surface area contributed by atoms with Crippen LogP contribution in [0.4, 0.5) is 5.82 Å². The largest absolute Gasteiger partial charge is 0.348 e. The highest BCUT2D eigenvalue weighted by Gasteiger charge is 2.22. The Morgan fingerprint density at radius 2 is 2.09 bits per heavy atom. The summed E-state index contributed by atoms with van der Waals surface area (Å²) in [4.78, 5) is 34.5. The van der Waals surface area contributed by atoms with Crippen LogP contribution in [0.15, 0.2) is 29.6 Å². The molecule has 0 aliphatic carbocycles. The van der Waals surface area contributed by atoms with E-state index in [0.29, 0.717) is 38.4 Å². The van der Waals surface area contributed by atoms with Gasteiger partial charge in [0.25, 0.3) is 5.56 Å². The first-order valence-corrected chi connectivity index (χ1v) is 7.78. The highest BCUT2D eigenvalue weighted by atomic mass is 16.2. The minimum atomic E-state index is -0.188. The lowest BCUT2D eigenvalue weighted by molar-refractivity contribution is -0.131. The van der Waals surface area contributed by atoms with Crippen molar-refractivity contribution in [2.45, 2.75) is 19.3 Å². The van der Waals surface area contributed by atoms with Crippen molar-refractivity contribution in [3.8, 4) is 0 Å². The van der Waals surface area contributed by atoms with Crippen molar-refractivity contribution in [3.05, 3.63) is 40.7 Å². The third kappa shape index (κ3) is 3.77. The third-order valence-electron chi connectivity index (χ3n) is 4.03. The van der Waals surface area contributed by atoms with Crippen molar-refractivity contribution in [1.82, 2.24) is 25.1 Å². The van der Waals surface area contributed by atoms with Gasteiger partial charge in [-0.1, -0.05) is 0 Å². The van der Waals surface area contributed by atoms with E-state index in [2.05, 4.69) is 20.2 Å². The number of anilines is 1. The first-order valence-electron chi connectivity index (χ1n) is 7.78. The van der Waals surface area contributed by atoms with E-state index in [1.165, 1.54) is 6.20 Å². The number of rotatable bonds is 5. The highest BCUT2D eigenvalue weighted by Crippen LogP contribution is 2.11. The summed E-state index contributed by atoms with van der Waals surface area (Å²) in [5, 5.41) is 6.67. The fraction of sp³-hybridized carbons (Fsp3) is 0.467. The summed E-state index contributed by atoms with van der Waals surface area (Å²) in [6, 6.07) is 0.